The van der Waals surface area contributed by atoms with E-state index in [1.807, 2.05) is 0 Å². The lowest BCUT2D eigenvalue weighted by Gasteiger charge is -2.29. The molecule has 2 heterocycles. The van der Waals surface area contributed by atoms with E-state index in [4.69, 9.17) is 0 Å². The number of fused-ring (bicyclic) bond motifs is 1. The van der Waals surface area contributed by atoms with Crippen molar-refractivity contribution in [3.05, 3.63) is 34.9 Å². The highest BCUT2D eigenvalue weighted by molar-refractivity contribution is 5.37. The van der Waals surface area contributed by atoms with Gasteiger partial charge in [0.2, 0.25) is 0 Å². The fraction of sp³-hybridized carbons (Fsp3) is 0.571. The summed E-state index contributed by atoms with van der Waals surface area (Å²) in [5.41, 5.74) is 4.65. The van der Waals surface area contributed by atoms with Crippen molar-refractivity contribution in [1.82, 2.24) is 15.5 Å². The Balaban J connectivity index is 1.77. The molecule has 0 spiro atoms. The standard InChI is InChI=1S/C14H21N3/c1-2-12-10-16-5-4-14(12)13(3-1)11-17-8-6-15-7-9-17/h1-3,15-16H,4-11H2. The van der Waals surface area contributed by atoms with Crippen LogP contribution < -0.4 is 10.6 Å². The number of hydrogen-bond donors (Lipinski definition) is 2. The Bertz CT molecular complexity index is 383. The molecule has 2 aliphatic rings. The first kappa shape index (κ1) is 11.2. The van der Waals surface area contributed by atoms with E-state index in [-0.39, 0.29) is 0 Å². The number of nitrogens with one attached hydrogen (secondary N) is 2. The summed E-state index contributed by atoms with van der Waals surface area (Å²) in [6.07, 6.45) is 1.19. The van der Waals surface area contributed by atoms with Crippen LogP contribution in [0, 0.1) is 0 Å². The Kier molecular flexibility index (Phi) is 3.41. The van der Waals surface area contributed by atoms with Crippen molar-refractivity contribution in [1.29, 1.82) is 0 Å². The van der Waals surface area contributed by atoms with Gasteiger partial charge in [0.05, 0.1) is 0 Å². The second kappa shape index (κ2) is 5.17. The van der Waals surface area contributed by atoms with Crippen LogP contribution in [0.25, 0.3) is 0 Å². The summed E-state index contributed by atoms with van der Waals surface area (Å²) in [6.45, 7) is 7.94. The zero-order valence-corrected chi connectivity index (χ0v) is 10.3. The minimum absolute atomic E-state index is 1.05. The van der Waals surface area contributed by atoms with Gasteiger partial charge in [0.15, 0.2) is 0 Å². The molecule has 2 N–H and O–H groups in total. The molecule has 1 aromatic rings. The smallest absolute Gasteiger partial charge is 0.0237 e. The molecule has 1 fully saturated rings. The van der Waals surface area contributed by atoms with Crippen LogP contribution in [0.4, 0.5) is 0 Å². The highest BCUT2D eigenvalue weighted by Crippen LogP contribution is 2.20. The Labute approximate surface area is 103 Å². The van der Waals surface area contributed by atoms with Crippen molar-refractivity contribution in [2.24, 2.45) is 0 Å². The highest BCUT2D eigenvalue weighted by Gasteiger charge is 2.15. The van der Waals surface area contributed by atoms with Crippen molar-refractivity contribution < 1.29 is 0 Å². The summed E-state index contributed by atoms with van der Waals surface area (Å²) in [5, 5.41) is 6.86. The van der Waals surface area contributed by atoms with E-state index in [9.17, 15) is 0 Å². The van der Waals surface area contributed by atoms with Crippen molar-refractivity contribution >= 4 is 0 Å². The third-order valence-corrected chi connectivity index (χ3v) is 3.84. The fourth-order valence-electron chi connectivity index (χ4n) is 2.87. The van der Waals surface area contributed by atoms with Gasteiger partial charge < -0.3 is 10.6 Å². The molecule has 92 valence electrons. The Morgan fingerprint density at radius 2 is 1.94 bits per heavy atom. The minimum atomic E-state index is 1.05. The first-order valence-electron chi connectivity index (χ1n) is 6.67. The van der Waals surface area contributed by atoms with Gasteiger partial charge >= 0.3 is 0 Å². The monoisotopic (exact) mass is 231 g/mol. The van der Waals surface area contributed by atoms with Crippen LogP contribution in [0.1, 0.15) is 16.7 Å². The van der Waals surface area contributed by atoms with E-state index in [1.54, 1.807) is 11.1 Å². The highest BCUT2D eigenvalue weighted by atomic mass is 15.2. The largest absolute Gasteiger partial charge is 0.314 e. The van der Waals surface area contributed by atoms with Gasteiger partial charge in [0.25, 0.3) is 0 Å². The molecule has 3 nitrogen and oxygen atoms in total. The molecular weight excluding hydrogens is 210 g/mol. The third-order valence-electron chi connectivity index (χ3n) is 3.84. The van der Waals surface area contributed by atoms with Crippen LogP contribution in [0.3, 0.4) is 0 Å². The maximum absolute atomic E-state index is 3.45. The van der Waals surface area contributed by atoms with Crippen LogP contribution in [0.5, 0.6) is 0 Å². The summed E-state index contributed by atoms with van der Waals surface area (Å²) in [6, 6.07) is 6.79. The number of rotatable bonds is 2. The van der Waals surface area contributed by atoms with Gasteiger partial charge in [0.1, 0.15) is 0 Å². The van der Waals surface area contributed by atoms with Gasteiger partial charge in [-0.15, -0.1) is 0 Å². The summed E-state index contributed by atoms with van der Waals surface area (Å²) >= 11 is 0. The first-order valence-corrected chi connectivity index (χ1v) is 6.67. The summed E-state index contributed by atoms with van der Waals surface area (Å²) in [7, 11) is 0. The molecule has 0 bridgehead atoms. The SMILES string of the molecule is c1cc2c(c(CN3CCNCC3)c1)CCNC2. The Morgan fingerprint density at radius 1 is 1.06 bits per heavy atom. The van der Waals surface area contributed by atoms with Gasteiger partial charge in [-0.3, -0.25) is 4.90 Å². The molecule has 0 aromatic heterocycles. The van der Waals surface area contributed by atoms with Gasteiger partial charge in [-0.1, -0.05) is 18.2 Å². The lowest BCUT2D eigenvalue weighted by atomic mass is 9.95. The lowest BCUT2D eigenvalue weighted by Crippen LogP contribution is -2.43. The lowest BCUT2D eigenvalue weighted by molar-refractivity contribution is 0.232. The molecule has 1 aromatic carbocycles. The first-order chi connectivity index (χ1) is 8.43. The fourth-order valence-corrected chi connectivity index (χ4v) is 2.87. The van der Waals surface area contributed by atoms with Gasteiger partial charge in [-0.25, -0.2) is 0 Å². The molecule has 0 saturated carbocycles. The van der Waals surface area contributed by atoms with Crippen LogP contribution in [-0.4, -0.2) is 37.6 Å². The van der Waals surface area contributed by atoms with Crippen LogP contribution in [0.2, 0.25) is 0 Å². The Hall–Kier alpha value is -0.900. The summed E-state index contributed by atoms with van der Waals surface area (Å²) < 4.78 is 0. The predicted octanol–water partition coefficient (Wildman–Crippen LogP) is 0.737. The zero-order valence-electron chi connectivity index (χ0n) is 10.3. The molecule has 0 amide bonds. The molecule has 2 aliphatic heterocycles. The number of hydrogen-bond acceptors (Lipinski definition) is 3. The molecule has 17 heavy (non-hydrogen) atoms. The Morgan fingerprint density at radius 3 is 2.82 bits per heavy atom. The van der Waals surface area contributed by atoms with Crippen molar-refractivity contribution in [2.45, 2.75) is 19.5 Å². The van der Waals surface area contributed by atoms with Gasteiger partial charge in [-0.05, 0) is 29.7 Å². The maximum atomic E-state index is 3.45. The van der Waals surface area contributed by atoms with E-state index >= 15 is 0 Å². The van der Waals surface area contributed by atoms with Crippen LogP contribution >= 0.6 is 0 Å². The average Bonchev–Trinajstić information content (AvgIpc) is 2.40. The number of piperazine rings is 1. The number of benzene rings is 1. The normalized spacial score (nSPS) is 21.2. The van der Waals surface area contributed by atoms with Crippen LogP contribution in [-0.2, 0) is 19.5 Å². The topological polar surface area (TPSA) is 27.3 Å². The van der Waals surface area contributed by atoms with E-state index in [1.165, 1.54) is 25.1 Å². The second-order valence-electron chi connectivity index (χ2n) is 5.01. The van der Waals surface area contributed by atoms with Gasteiger partial charge in [-0.2, -0.15) is 0 Å². The maximum Gasteiger partial charge on any atom is 0.0237 e. The molecular formula is C14H21N3. The van der Waals surface area contributed by atoms with Crippen molar-refractivity contribution in [3.63, 3.8) is 0 Å². The molecule has 0 atom stereocenters. The predicted molar refractivity (Wildman–Crippen MR) is 70.0 cm³/mol. The van der Waals surface area contributed by atoms with Crippen molar-refractivity contribution in [2.75, 3.05) is 32.7 Å². The number of nitrogens with zero attached hydrogens (tertiary/aromatic N) is 1. The quantitative estimate of drug-likeness (QED) is 0.786. The van der Waals surface area contributed by atoms with E-state index in [0.717, 1.165) is 32.7 Å². The summed E-state index contributed by atoms with van der Waals surface area (Å²) in [4.78, 5) is 2.56. The molecule has 3 rings (SSSR count). The van der Waals surface area contributed by atoms with Gasteiger partial charge in [0, 0.05) is 39.3 Å². The van der Waals surface area contributed by atoms with E-state index < -0.39 is 0 Å². The third kappa shape index (κ3) is 2.51. The minimum Gasteiger partial charge on any atom is -0.314 e. The molecule has 0 aliphatic carbocycles. The second-order valence-corrected chi connectivity index (χ2v) is 5.01. The molecule has 3 heteroatoms. The summed E-state index contributed by atoms with van der Waals surface area (Å²) in [5.74, 6) is 0. The molecule has 0 radical (unpaired) electrons. The van der Waals surface area contributed by atoms with E-state index in [2.05, 4.69) is 33.7 Å². The van der Waals surface area contributed by atoms with Crippen LogP contribution in [0.15, 0.2) is 18.2 Å². The van der Waals surface area contributed by atoms with E-state index in [0.29, 0.717) is 0 Å². The zero-order chi connectivity index (χ0) is 11.5. The van der Waals surface area contributed by atoms with Crippen molar-refractivity contribution in [3.8, 4) is 0 Å². The molecule has 1 saturated heterocycles. The average molecular weight is 231 g/mol. The molecule has 0 unspecified atom stereocenters.